The summed E-state index contributed by atoms with van der Waals surface area (Å²) in [4.78, 5) is 14.5. The van der Waals surface area contributed by atoms with Crippen LogP contribution in [0.2, 0.25) is 0 Å². The van der Waals surface area contributed by atoms with Crippen molar-refractivity contribution in [3.05, 3.63) is 0 Å². The lowest BCUT2D eigenvalue weighted by atomic mass is 9.96. The van der Waals surface area contributed by atoms with Crippen molar-refractivity contribution in [2.24, 2.45) is 0 Å². The van der Waals surface area contributed by atoms with E-state index in [9.17, 15) is 4.79 Å². The summed E-state index contributed by atoms with van der Waals surface area (Å²) in [5.41, 5.74) is 0. The molecule has 1 amide bonds. The molecule has 6 nitrogen and oxygen atoms in total. The fourth-order valence-corrected chi connectivity index (χ4v) is 4.40. The minimum absolute atomic E-state index is 0.232. The van der Waals surface area contributed by atoms with E-state index in [1.165, 1.54) is 50.3 Å². The third-order valence-electron chi connectivity index (χ3n) is 4.92. The molecule has 7 heteroatoms. The van der Waals surface area contributed by atoms with E-state index in [1.54, 1.807) is 0 Å². The highest BCUT2D eigenvalue weighted by atomic mass is 32.2. The van der Waals surface area contributed by atoms with E-state index in [4.69, 9.17) is 0 Å². The zero-order valence-electron chi connectivity index (χ0n) is 13.8. The summed E-state index contributed by atoms with van der Waals surface area (Å²) in [5, 5.41) is 12.9. The van der Waals surface area contributed by atoms with Crippen LogP contribution in [0.4, 0.5) is 0 Å². The molecular formula is C16H27N5OS. The molecule has 0 radical (unpaired) electrons. The van der Waals surface area contributed by atoms with E-state index in [0.29, 0.717) is 11.8 Å². The molecule has 0 N–H and O–H groups in total. The predicted octanol–water partition coefficient (Wildman–Crippen LogP) is 3.06. The van der Waals surface area contributed by atoms with Gasteiger partial charge in [0, 0.05) is 13.1 Å². The number of thioether (sulfide) groups is 1. The Bertz CT molecular complexity index is 492. The summed E-state index contributed by atoms with van der Waals surface area (Å²) in [5.74, 6) is 0.683. The van der Waals surface area contributed by atoms with Crippen LogP contribution in [0.5, 0.6) is 0 Å². The van der Waals surface area contributed by atoms with Gasteiger partial charge in [0.05, 0.1) is 11.8 Å². The molecule has 0 spiro atoms. The van der Waals surface area contributed by atoms with Crippen molar-refractivity contribution in [1.82, 2.24) is 25.1 Å². The molecular weight excluding hydrogens is 310 g/mol. The third-order valence-corrected chi connectivity index (χ3v) is 5.83. The highest BCUT2D eigenvalue weighted by Gasteiger charge is 2.22. The van der Waals surface area contributed by atoms with Crippen LogP contribution < -0.4 is 0 Å². The zero-order chi connectivity index (χ0) is 15.9. The number of hydrogen-bond donors (Lipinski definition) is 0. The Balaban J connectivity index is 1.53. The van der Waals surface area contributed by atoms with Gasteiger partial charge in [-0.3, -0.25) is 4.79 Å². The van der Waals surface area contributed by atoms with E-state index in [2.05, 4.69) is 15.5 Å². The van der Waals surface area contributed by atoms with E-state index < -0.39 is 0 Å². The predicted molar refractivity (Wildman–Crippen MR) is 90.3 cm³/mol. The molecule has 2 fully saturated rings. The molecule has 1 saturated carbocycles. The van der Waals surface area contributed by atoms with Crippen molar-refractivity contribution < 1.29 is 4.79 Å². The largest absolute Gasteiger partial charge is 0.342 e. The second-order valence-corrected chi connectivity index (χ2v) is 7.58. The van der Waals surface area contributed by atoms with Gasteiger partial charge in [0.25, 0.3) is 0 Å². The van der Waals surface area contributed by atoms with Crippen LogP contribution in [0, 0.1) is 0 Å². The average molecular weight is 337 g/mol. The van der Waals surface area contributed by atoms with Crippen molar-refractivity contribution in [1.29, 1.82) is 0 Å². The van der Waals surface area contributed by atoms with Crippen molar-refractivity contribution in [3.63, 3.8) is 0 Å². The number of nitrogens with zero attached hydrogens (tertiary/aromatic N) is 5. The van der Waals surface area contributed by atoms with E-state index >= 15 is 0 Å². The maximum Gasteiger partial charge on any atom is 0.233 e. The number of amides is 1. The number of likely N-dealkylation sites (tertiary alicyclic amines) is 1. The summed E-state index contributed by atoms with van der Waals surface area (Å²) in [6.45, 7) is 1.82. The Kier molecular flexibility index (Phi) is 6.30. The molecule has 0 aromatic carbocycles. The Morgan fingerprint density at radius 1 is 1.00 bits per heavy atom. The molecule has 1 aliphatic carbocycles. The standard InChI is InChI=1S/C16H27N5OS/c22-15(20-11-7-2-1-3-8-12-20)13-23-16-17-18-19-21(16)14-9-5-4-6-10-14/h14H,1-13H2. The van der Waals surface area contributed by atoms with Crippen molar-refractivity contribution in [2.75, 3.05) is 18.8 Å². The smallest absolute Gasteiger partial charge is 0.233 e. The van der Waals surface area contributed by atoms with Gasteiger partial charge in [-0.05, 0) is 36.1 Å². The summed E-state index contributed by atoms with van der Waals surface area (Å²) in [7, 11) is 0. The van der Waals surface area contributed by atoms with Gasteiger partial charge in [-0.2, -0.15) is 0 Å². The van der Waals surface area contributed by atoms with Gasteiger partial charge >= 0.3 is 0 Å². The van der Waals surface area contributed by atoms with Crippen LogP contribution in [0.1, 0.15) is 70.3 Å². The van der Waals surface area contributed by atoms with Crippen LogP contribution in [0.3, 0.4) is 0 Å². The molecule has 1 aliphatic heterocycles. The summed E-state index contributed by atoms with van der Waals surface area (Å²) >= 11 is 1.50. The van der Waals surface area contributed by atoms with Gasteiger partial charge in [0.2, 0.25) is 11.1 Å². The third kappa shape index (κ3) is 4.68. The number of hydrogen-bond acceptors (Lipinski definition) is 5. The van der Waals surface area contributed by atoms with Gasteiger partial charge in [-0.25, -0.2) is 4.68 Å². The van der Waals surface area contributed by atoms with Crippen LogP contribution >= 0.6 is 11.8 Å². The maximum atomic E-state index is 12.5. The lowest BCUT2D eigenvalue weighted by Gasteiger charge is -2.25. The summed E-state index contributed by atoms with van der Waals surface area (Å²) in [6, 6.07) is 0.415. The van der Waals surface area contributed by atoms with E-state index in [-0.39, 0.29) is 5.91 Å². The average Bonchev–Trinajstić information content (AvgIpc) is 3.01. The summed E-state index contributed by atoms with van der Waals surface area (Å²) < 4.78 is 1.95. The molecule has 1 saturated heterocycles. The molecule has 0 atom stereocenters. The van der Waals surface area contributed by atoms with Gasteiger partial charge in [-0.1, -0.05) is 50.3 Å². The van der Waals surface area contributed by atoms with Crippen LogP contribution in [-0.4, -0.2) is 49.9 Å². The highest BCUT2D eigenvalue weighted by molar-refractivity contribution is 7.99. The van der Waals surface area contributed by atoms with Gasteiger partial charge in [0.1, 0.15) is 0 Å². The van der Waals surface area contributed by atoms with E-state index in [1.807, 2.05) is 9.58 Å². The van der Waals surface area contributed by atoms with E-state index in [0.717, 1.165) is 43.9 Å². The van der Waals surface area contributed by atoms with Gasteiger partial charge in [0.15, 0.2) is 0 Å². The first-order valence-electron chi connectivity index (χ1n) is 9.03. The van der Waals surface area contributed by atoms with Crippen molar-refractivity contribution in [3.8, 4) is 0 Å². The Morgan fingerprint density at radius 3 is 2.39 bits per heavy atom. The SMILES string of the molecule is O=C(CSc1nnnn1C1CCCCC1)N1CCCCCCC1. The number of rotatable bonds is 4. The fourth-order valence-electron chi connectivity index (χ4n) is 3.55. The maximum absolute atomic E-state index is 12.5. The Hall–Kier alpha value is -1.11. The Labute approximate surface area is 142 Å². The monoisotopic (exact) mass is 337 g/mol. The number of carbonyl (C=O) groups excluding carboxylic acids is 1. The van der Waals surface area contributed by atoms with Crippen molar-refractivity contribution >= 4 is 17.7 Å². The number of carbonyl (C=O) groups is 1. The molecule has 2 heterocycles. The molecule has 23 heavy (non-hydrogen) atoms. The quantitative estimate of drug-likeness (QED) is 0.790. The number of aromatic nitrogens is 4. The van der Waals surface area contributed by atoms with Crippen LogP contribution in [-0.2, 0) is 4.79 Å². The molecule has 128 valence electrons. The topological polar surface area (TPSA) is 63.9 Å². The lowest BCUT2D eigenvalue weighted by Crippen LogP contribution is -2.35. The molecule has 0 bridgehead atoms. The molecule has 0 unspecified atom stereocenters. The summed E-state index contributed by atoms with van der Waals surface area (Å²) in [6.07, 6.45) is 12.2. The molecule has 3 rings (SSSR count). The molecule has 1 aromatic rings. The zero-order valence-corrected chi connectivity index (χ0v) is 14.6. The van der Waals surface area contributed by atoms with Gasteiger partial charge in [-0.15, -0.1) is 5.10 Å². The second-order valence-electron chi connectivity index (χ2n) is 6.64. The van der Waals surface area contributed by atoms with Crippen molar-refractivity contribution in [2.45, 2.75) is 75.4 Å². The first-order valence-corrected chi connectivity index (χ1v) is 10.0. The number of tetrazole rings is 1. The normalized spacial score (nSPS) is 21.0. The minimum atomic E-state index is 0.232. The molecule has 2 aliphatic rings. The van der Waals surface area contributed by atoms with Crippen LogP contribution in [0.15, 0.2) is 5.16 Å². The van der Waals surface area contributed by atoms with Gasteiger partial charge < -0.3 is 4.90 Å². The first kappa shape index (κ1) is 16.7. The highest BCUT2D eigenvalue weighted by Crippen LogP contribution is 2.30. The second kappa shape index (κ2) is 8.66. The van der Waals surface area contributed by atoms with Crippen LogP contribution in [0.25, 0.3) is 0 Å². The lowest BCUT2D eigenvalue weighted by molar-refractivity contribution is -0.128. The Morgan fingerprint density at radius 2 is 1.65 bits per heavy atom. The minimum Gasteiger partial charge on any atom is -0.342 e. The molecule has 1 aromatic heterocycles. The fraction of sp³-hybridized carbons (Fsp3) is 0.875. The first-order chi connectivity index (χ1) is 11.3.